The van der Waals surface area contributed by atoms with E-state index < -0.39 is 0 Å². The van der Waals surface area contributed by atoms with Gasteiger partial charge < -0.3 is 10.6 Å². The van der Waals surface area contributed by atoms with Crippen LogP contribution >= 0.6 is 0 Å². The number of hydrogen-bond donors (Lipinski definition) is 1. The highest BCUT2D eigenvalue weighted by Crippen LogP contribution is 2.18. The number of nitrogens with two attached hydrogens (primary N) is 1. The molecule has 1 heterocycles. The summed E-state index contributed by atoms with van der Waals surface area (Å²) < 4.78 is 0. The fourth-order valence-corrected chi connectivity index (χ4v) is 3.62. The average molecular weight is 396 g/mol. The predicted octanol–water partition coefficient (Wildman–Crippen LogP) is 5.11. The van der Waals surface area contributed by atoms with E-state index >= 15 is 0 Å². The number of carbonyl (C=O) groups is 1. The van der Waals surface area contributed by atoms with Crippen LogP contribution in [0.4, 0.5) is 0 Å². The smallest absolute Gasteiger partial charge is 0.165 e. The Bertz CT molecular complexity index is 733. The van der Waals surface area contributed by atoms with Crippen LogP contribution in [0, 0.1) is 5.92 Å². The van der Waals surface area contributed by atoms with Gasteiger partial charge in [0.1, 0.15) is 0 Å². The highest BCUT2D eigenvalue weighted by atomic mass is 16.1. The molecule has 158 valence electrons. The van der Waals surface area contributed by atoms with Crippen LogP contribution in [0.25, 0.3) is 5.57 Å². The SMILES string of the molecule is C=C(C)c1ccc(C(=O)C(C)CCN(CC)CC(N)CCC2=CN=CCC2)cc1. The molecule has 0 bridgehead atoms. The fourth-order valence-electron chi connectivity index (χ4n) is 3.62. The van der Waals surface area contributed by atoms with Gasteiger partial charge >= 0.3 is 0 Å². The summed E-state index contributed by atoms with van der Waals surface area (Å²) in [6.45, 7) is 12.8. The van der Waals surface area contributed by atoms with Gasteiger partial charge in [-0.3, -0.25) is 9.79 Å². The third-order valence-electron chi connectivity index (χ3n) is 5.72. The predicted molar refractivity (Wildman–Crippen MR) is 124 cm³/mol. The lowest BCUT2D eigenvalue weighted by Crippen LogP contribution is -2.38. The molecule has 4 heteroatoms. The summed E-state index contributed by atoms with van der Waals surface area (Å²) in [5.74, 6) is 0.213. The van der Waals surface area contributed by atoms with Crippen molar-refractivity contribution >= 4 is 17.6 Å². The van der Waals surface area contributed by atoms with Gasteiger partial charge in [-0.05, 0) is 57.7 Å². The number of allylic oxidation sites excluding steroid dienone is 2. The summed E-state index contributed by atoms with van der Waals surface area (Å²) >= 11 is 0. The zero-order valence-electron chi connectivity index (χ0n) is 18.4. The maximum Gasteiger partial charge on any atom is 0.165 e. The molecule has 2 unspecified atom stereocenters. The van der Waals surface area contributed by atoms with Gasteiger partial charge in [-0.25, -0.2) is 0 Å². The number of likely N-dealkylation sites (N-methyl/N-ethyl adjacent to an activating group) is 1. The van der Waals surface area contributed by atoms with Crippen LogP contribution in [-0.4, -0.2) is 42.6 Å². The van der Waals surface area contributed by atoms with E-state index in [1.807, 2.05) is 50.5 Å². The quantitative estimate of drug-likeness (QED) is 0.501. The van der Waals surface area contributed by atoms with Crippen molar-refractivity contribution in [3.63, 3.8) is 0 Å². The van der Waals surface area contributed by atoms with Crippen molar-refractivity contribution in [1.82, 2.24) is 4.90 Å². The van der Waals surface area contributed by atoms with Gasteiger partial charge in [-0.1, -0.05) is 55.8 Å². The summed E-state index contributed by atoms with van der Waals surface area (Å²) in [5, 5.41) is 0. The van der Waals surface area contributed by atoms with Crippen molar-refractivity contribution in [1.29, 1.82) is 0 Å². The number of aliphatic imine (C=N–C) groups is 1. The third kappa shape index (κ3) is 7.71. The Hall–Kier alpha value is -2.04. The lowest BCUT2D eigenvalue weighted by atomic mass is 9.94. The summed E-state index contributed by atoms with van der Waals surface area (Å²) in [4.78, 5) is 19.4. The third-order valence-corrected chi connectivity index (χ3v) is 5.72. The maximum absolute atomic E-state index is 12.7. The first-order valence-electron chi connectivity index (χ1n) is 10.9. The molecule has 0 spiro atoms. The molecule has 1 aliphatic rings. The molecule has 0 aliphatic carbocycles. The van der Waals surface area contributed by atoms with Crippen molar-refractivity contribution < 1.29 is 4.79 Å². The van der Waals surface area contributed by atoms with Crippen LogP contribution in [-0.2, 0) is 0 Å². The van der Waals surface area contributed by atoms with E-state index in [-0.39, 0.29) is 17.7 Å². The number of ketones is 1. The lowest BCUT2D eigenvalue weighted by molar-refractivity contribution is 0.0914. The van der Waals surface area contributed by atoms with E-state index in [1.54, 1.807) is 0 Å². The number of benzene rings is 1. The van der Waals surface area contributed by atoms with Crippen molar-refractivity contribution in [2.24, 2.45) is 16.6 Å². The monoisotopic (exact) mass is 395 g/mol. The van der Waals surface area contributed by atoms with Crippen molar-refractivity contribution in [3.8, 4) is 0 Å². The van der Waals surface area contributed by atoms with Gasteiger partial charge in [0, 0.05) is 36.5 Å². The Morgan fingerprint density at radius 2 is 1.93 bits per heavy atom. The van der Waals surface area contributed by atoms with E-state index in [9.17, 15) is 4.79 Å². The Balaban J connectivity index is 1.77. The summed E-state index contributed by atoms with van der Waals surface area (Å²) in [7, 11) is 0. The Morgan fingerprint density at radius 3 is 2.52 bits per heavy atom. The highest BCUT2D eigenvalue weighted by Gasteiger charge is 2.17. The van der Waals surface area contributed by atoms with Crippen molar-refractivity contribution in [2.75, 3.05) is 19.6 Å². The van der Waals surface area contributed by atoms with Crippen LogP contribution < -0.4 is 5.73 Å². The number of Topliss-reactive ketones (excluding diaryl/α,β-unsaturated/α-hetero) is 1. The lowest BCUT2D eigenvalue weighted by Gasteiger charge is -2.25. The second-order valence-electron chi connectivity index (χ2n) is 8.26. The van der Waals surface area contributed by atoms with E-state index in [0.29, 0.717) is 0 Å². The number of carbonyl (C=O) groups excluding carboxylic acids is 1. The fraction of sp³-hybridized carbons (Fsp3) is 0.520. The molecule has 0 aromatic heterocycles. The number of hydrogen-bond acceptors (Lipinski definition) is 4. The molecule has 2 N–H and O–H groups in total. The highest BCUT2D eigenvalue weighted by molar-refractivity contribution is 5.97. The first kappa shape index (κ1) is 23.2. The topological polar surface area (TPSA) is 58.7 Å². The average Bonchev–Trinajstić information content (AvgIpc) is 2.75. The maximum atomic E-state index is 12.7. The van der Waals surface area contributed by atoms with Crippen LogP contribution in [0.3, 0.4) is 0 Å². The zero-order valence-corrected chi connectivity index (χ0v) is 18.4. The molecular weight excluding hydrogens is 358 g/mol. The first-order chi connectivity index (χ1) is 13.9. The van der Waals surface area contributed by atoms with Gasteiger partial charge in [0.05, 0.1) is 0 Å². The largest absolute Gasteiger partial charge is 0.327 e. The molecule has 1 aliphatic heterocycles. The molecule has 0 radical (unpaired) electrons. The molecule has 0 fully saturated rings. The van der Waals surface area contributed by atoms with Gasteiger partial charge in [-0.2, -0.15) is 0 Å². The van der Waals surface area contributed by atoms with Crippen LogP contribution in [0.5, 0.6) is 0 Å². The van der Waals surface area contributed by atoms with Gasteiger partial charge in [0.25, 0.3) is 0 Å². The van der Waals surface area contributed by atoms with Crippen molar-refractivity contribution in [3.05, 3.63) is 53.7 Å². The Morgan fingerprint density at radius 1 is 1.24 bits per heavy atom. The van der Waals surface area contributed by atoms with Crippen molar-refractivity contribution in [2.45, 2.75) is 58.9 Å². The molecule has 4 nitrogen and oxygen atoms in total. The molecule has 0 saturated carbocycles. The van der Waals surface area contributed by atoms with E-state index in [1.165, 1.54) is 5.57 Å². The minimum Gasteiger partial charge on any atom is -0.327 e. The van der Waals surface area contributed by atoms with Crippen LogP contribution in [0.15, 0.2) is 47.6 Å². The normalized spacial score (nSPS) is 15.8. The van der Waals surface area contributed by atoms with Gasteiger partial charge in [-0.15, -0.1) is 0 Å². The van der Waals surface area contributed by atoms with E-state index in [0.717, 1.165) is 68.4 Å². The molecule has 1 aromatic carbocycles. The molecular formula is C25H37N3O. The molecule has 2 rings (SSSR count). The molecule has 0 amide bonds. The molecule has 1 aromatic rings. The summed E-state index contributed by atoms with van der Waals surface area (Å²) in [6, 6.07) is 7.95. The number of rotatable bonds is 12. The van der Waals surface area contributed by atoms with E-state index in [2.05, 4.69) is 23.4 Å². The van der Waals surface area contributed by atoms with E-state index in [4.69, 9.17) is 5.73 Å². The molecule has 0 saturated heterocycles. The molecule has 29 heavy (non-hydrogen) atoms. The standard InChI is InChI=1S/C25H37N3O/c1-5-28(18-24(26)13-8-21-7-6-15-27-17-21)16-14-20(4)25(29)23-11-9-22(10-12-23)19(2)3/h9-12,15,17,20,24H,2,5-8,13-14,16,18,26H2,1,3-4H3. The minimum atomic E-state index is 0.00112. The first-order valence-corrected chi connectivity index (χ1v) is 10.9. The molecule has 2 atom stereocenters. The summed E-state index contributed by atoms with van der Waals surface area (Å²) in [6.07, 6.45) is 8.99. The zero-order chi connectivity index (χ0) is 21.2. The van der Waals surface area contributed by atoms with Crippen LogP contribution in [0.2, 0.25) is 0 Å². The van der Waals surface area contributed by atoms with Crippen LogP contribution in [0.1, 0.15) is 68.8 Å². The van der Waals surface area contributed by atoms with Gasteiger partial charge in [0.2, 0.25) is 0 Å². The van der Waals surface area contributed by atoms with Gasteiger partial charge in [0.15, 0.2) is 5.78 Å². The summed E-state index contributed by atoms with van der Waals surface area (Å²) in [5.41, 5.74) is 10.7. The minimum absolute atomic E-state index is 0.00112. The Labute approximate surface area is 176 Å². The second kappa shape index (κ2) is 11.8. The number of nitrogens with zero attached hydrogens (tertiary/aromatic N) is 2. The second-order valence-corrected chi connectivity index (χ2v) is 8.26. The Kier molecular flexibility index (Phi) is 9.49.